The maximum Gasteiger partial charge on any atom is 0.226 e. The number of aromatic nitrogens is 4. The van der Waals surface area contributed by atoms with E-state index in [0.717, 1.165) is 28.3 Å². The normalized spacial score (nSPS) is 14.3. The lowest BCUT2D eigenvalue weighted by atomic mass is 10.0. The summed E-state index contributed by atoms with van der Waals surface area (Å²) in [6.07, 6.45) is 3.05. The molecule has 0 aliphatic heterocycles. The molecule has 0 unspecified atom stereocenters. The largest absolute Gasteiger partial charge is 0.396 e. The van der Waals surface area contributed by atoms with Gasteiger partial charge in [-0.15, -0.1) is 0 Å². The topological polar surface area (TPSA) is 103 Å². The SMILES string of the molecule is CNc1ccc(Cc2c(C)nc3nonc3c2N)nc1C1CC1. The van der Waals surface area contributed by atoms with Gasteiger partial charge in [0.15, 0.2) is 5.52 Å². The smallest absolute Gasteiger partial charge is 0.226 e. The van der Waals surface area contributed by atoms with Gasteiger partial charge in [0.25, 0.3) is 0 Å². The fourth-order valence-corrected chi connectivity index (χ4v) is 2.89. The van der Waals surface area contributed by atoms with Crippen molar-refractivity contribution in [3.05, 3.63) is 34.8 Å². The molecule has 0 amide bonds. The van der Waals surface area contributed by atoms with Gasteiger partial charge in [0.1, 0.15) is 0 Å². The molecule has 1 aliphatic rings. The highest BCUT2D eigenvalue weighted by Crippen LogP contribution is 2.42. The number of fused-ring (bicyclic) bond motifs is 1. The summed E-state index contributed by atoms with van der Waals surface area (Å²) in [6.45, 7) is 1.92. The van der Waals surface area contributed by atoms with Crippen molar-refractivity contribution in [1.29, 1.82) is 0 Å². The highest BCUT2D eigenvalue weighted by atomic mass is 16.6. The molecule has 0 aromatic carbocycles. The van der Waals surface area contributed by atoms with Gasteiger partial charge >= 0.3 is 0 Å². The van der Waals surface area contributed by atoms with Crippen LogP contribution >= 0.6 is 0 Å². The van der Waals surface area contributed by atoms with Gasteiger partial charge < -0.3 is 11.1 Å². The van der Waals surface area contributed by atoms with E-state index >= 15 is 0 Å². The zero-order valence-electron chi connectivity index (χ0n) is 13.1. The van der Waals surface area contributed by atoms with Crippen molar-refractivity contribution >= 4 is 22.5 Å². The molecule has 0 radical (unpaired) electrons. The summed E-state index contributed by atoms with van der Waals surface area (Å²) in [5, 5.41) is 10.8. The molecule has 118 valence electrons. The molecule has 1 fully saturated rings. The van der Waals surface area contributed by atoms with E-state index in [0.29, 0.717) is 29.2 Å². The molecule has 0 spiro atoms. The first kappa shape index (κ1) is 13.9. The standard InChI is InChI=1S/C16H18N6O/c1-8-11(13(17)15-16(19-8)22-23-21-15)7-10-5-6-12(18-2)14(20-10)9-3-4-9/h5-6,9,18H,3-4,7,17H2,1-2H3. The van der Waals surface area contributed by atoms with Crippen LogP contribution in [0.15, 0.2) is 16.8 Å². The van der Waals surface area contributed by atoms with E-state index < -0.39 is 0 Å². The second-order valence-electron chi connectivity index (χ2n) is 5.96. The number of nitrogens with two attached hydrogens (primary N) is 1. The van der Waals surface area contributed by atoms with E-state index in [9.17, 15) is 0 Å². The van der Waals surface area contributed by atoms with Gasteiger partial charge in [-0.2, -0.15) is 0 Å². The van der Waals surface area contributed by atoms with Crippen molar-refractivity contribution in [3.63, 3.8) is 0 Å². The van der Waals surface area contributed by atoms with Crippen LogP contribution in [0.25, 0.3) is 11.2 Å². The Labute approximate surface area is 133 Å². The fourth-order valence-electron chi connectivity index (χ4n) is 2.89. The van der Waals surface area contributed by atoms with Crippen molar-refractivity contribution in [1.82, 2.24) is 20.3 Å². The van der Waals surface area contributed by atoms with E-state index in [2.05, 4.69) is 26.7 Å². The summed E-state index contributed by atoms with van der Waals surface area (Å²) in [5.41, 5.74) is 12.8. The van der Waals surface area contributed by atoms with E-state index in [1.165, 1.54) is 12.8 Å². The predicted octanol–water partition coefficient (Wildman–Crippen LogP) is 2.41. The molecule has 23 heavy (non-hydrogen) atoms. The highest BCUT2D eigenvalue weighted by molar-refractivity contribution is 5.85. The molecule has 4 rings (SSSR count). The molecular weight excluding hydrogens is 292 g/mol. The number of nitrogen functional groups attached to an aromatic ring is 1. The van der Waals surface area contributed by atoms with Crippen LogP contribution < -0.4 is 11.1 Å². The summed E-state index contributed by atoms with van der Waals surface area (Å²) in [4.78, 5) is 9.25. The molecular formula is C16H18N6O. The summed E-state index contributed by atoms with van der Waals surface area (Å²) < 4.78 is 4.73. The molecule has 3 N–H and O–H groups in total. The monoisotopic (exact) mass is 310 g/mol. The van der Waals surface area contributed by atoms with E-state index in [1.807, 2.05) is 20.0 Å². The van der Waals surface area contributed by atoms with Crippen LogP contribution in [-0.2, 0) is 6.42 Å². The Kier molecular flexibility index (Phi) is 3.14. The molecule has 3 heterocycles. The lowest BCUT2D eigenvalue weighted by Crippen LogP contribution is -2.06. The summed E-state index contributed by atoms with van der Waals surface area (Å²) >= 11 is 0. The first-order valence-corrected chi connectivity index (χ1v) is 7.72. The van der Waals surface area contributed by atoms with Gasteiger partial charge in [0, 0.05) is 36.3 Å². The van der Waals surface area contributed by atoms with Gasteiger partial charge in [-0.3, -0.25) is 4.98 Å². The first-order valence-electron chi connectivity index (χ1n) is 7.72. The number of nitrogens with zero attached hydrogens (tertiary/aromatic N) is 4. The number of hydrogen-bond acceptors (Lipinski definition) is 7. The maximum atomic E-state index is 6.24. The molecule has 1 saturated carbocycles. The second-order valence-corrected chi connectivity index (χ2v) is 5.96. The average Bonchev–Trinajstić information content (AvgIpc) is 3.30. The lowest BCUT2D eigenvalue weighted by Gasteiger charge is -2.12. The lowest BCUT2D eigenvalue weighted by molar-refractivity contribution is 0.315. The van der Waals surface area contributed by atoms with Crippen molar-refractivity contribution in [2.75, 3.05) is 18.1 Å². The number of hydrogen-bond donors (Lipinski definition) is 2. The third-order valence-corrected chi connectivity index (χ3v) is 4.34. The quantitative estimate of drug-likeness (QED) is 0.762. The number of nitrogens with one attached hydrogen (secondary N) is 1. The zero-order chi connectivity index (χ0) is 16.0. The third-order valence-electron chi connectivity index (χ3n) is 4.34. The van der Waals surface area contributed by atoms with Crippen molar-refractivity contribution in [2.45, 2.75) is 32.1 Å². The Morgan fingerprint density at radius 1 is 1.26 bits per heavy atom. The Hall–Kier alpha value is -2.70. The van der Waals surface area contributed by atoms with Crippen molar-refractivity contribution in [3.8, 4) is 0 Å². The summed E-state index contributed by atoms with van der Waals surface area (Å²) in [7, 11) is 1.93. The Morgan fingerprint density at radius 3 is 2.83 bits per heavy atom. The first-order chi connectivity index (χ1) is 11.2. The minimum absolute atomic E-state index is 0.445. The van der Waals surface area contributed by atoms with Crippen LogP contribution in [0, 0.1) is 6.92 Å². The minimum Gasteiger partial charge on any atom is -0.396 e. The molecule has 3 aromatic rings. The van der Waals surface area contributed by atoms with Gasteiger partial charge in [-0.1, -0.05) is 0 Å². The van der Waals surface area contributed by atoms with Gasteiger partial charge in [0.2, 0.25) is 5.65 Å². The van der Waals surface area contributed by atoms with Gasteiger partial charge in [-0.05, 0) is 42.2 Å². The molecule has 1 aliphatic carbocycles. The minimum atomic E-state index is 0.445. The highest BCUT2D eigenvalue weighted by Gasteiger charge is 2.28. The maximum absolute atomic E-state index is 6.24. The third kappa shape index (κ3) is 2.38. The van der Waals surface area contributed by atoms with Crippen molar-refractivity contribution < 1.29 is 4.63 Å². The van der Waals surface area contributed by atoms with E-state index in [1.54, 1.807) is 0 Å². The fraction of sp³-hybridized carbons (Fsp3) is 0.375. The van der Waals surface area contributed by atoms with Gasteiger partial charge in [-0.25, -0.2) is 9.61 Å². The van der Waals surface area contributed by atoms with Crippen LogP contribution in [0.2, 0.25) is 0 Å². The van der Waals surface area contributed by atoms with Crippen LogP contribution in [0.3, 0.4) is 0 Å². The van der Waals surface area contributed by atoms with Gasteiger partial charge in [0.05, 0.1) is 17.1 Å². The number of anilines is 2. The molecule has 7 nitrogen and oxygen atoms in total. The van der Waals surface area contributed by atoms with E-state index in [4.69, 9.17) is 15.3 Å². The number of pyridine rings is 2. The number of rotatable bonds is 4. The summed E-state index contributed by atoms with van der Waals surface area (Å²) in [5.74, 6) is 0.580. The zero-order valence-corrected chi connectivity index (χ0v) is 13.1. The molecule has 7 heteroatoms. The molecule has 0 saturated heterocycles. The molecule has 0 bridgehead atoms. The van der Waals surface area contributed by atoms with E-state index in [-0.39, 0.29) is 0 Å². The Bertz CT molecular complexity index is 884. The molecule has 0 atom stereocenters. The van der Waals surface area contributed by atoms with Crippen LogP contribution in [-0.4, -0.2) is 27.3 Å². The Morgan fingerprint density at radius 2 is 2.09 bits per heavy atom. The number of aryl methyl sites for hydroxylation is 1. The van der Waals surface area contributed by atoms with Crippen LogP contribution in [0.4, 0.5) is 11.4 Å². The second kappa shape index (κ2) is 5.19. The average molecular weight is 310 g/mol. The Balaban J connectivity index is 1.74. The van der Waals surface area contributed by atoms with Crippen LogP contribution in [0.1, 0.15) is 41.4 Å². The summed E-state index contributed by atoms with van der Waals surface area (Å²) in [6, 6.07) is 4.12. The van der Waals surface area contributed by atoms with Crippen LogP contribution in [0.5, 0.6) is 0 Å². The molecule has 3 aromatic heterocycles. The van der Waals surface area contributed by atoms with Crippen molar-refractivity contribution in [2.24, 2.45) is 0 Å². The predicted molar refractivity (Wildman–Crippen MR) is 87.3 cm³/mol.